The molecule has 0 saturated carbocycles. The number of carbonyl (C=O) groups excluding carboxylic acids is 1. The molecule has 0 aliphatic carbocycles. The van der Waals surface area contributed by atoms with Crippen molar-refractivity contribution in [3.8, 4) is 5.75 Å². The van der Waals surface area contributed by atoms with E-state index in [0.29, 0.717) is 5.56 Å². The van der Waals surface area contributed by atoms with Crippen molar-refractivity contribution in [3.63, 3.8) is 0 Å². The molecule has 5 heteroatoms. The molecule has 94 valence electrons. The third-order valence-corrected chi connectivity index (χ3v) is 2.34. The molecule has 0 bridgehead atoms. The summed E-state index contributed by atoms with van der Waals surface area (Å²) in [5.74, 6) is -0.229. The lowest BCUT2D eigenvalue weighted by Gasteiger charge is -2.22. The second-order valence-corrected chi connectivity index (χ2v) is 3.65. The summed E-state index contributed by atoms with van der Waals surface area (Å²) in [6.45, 7) is 1.78. The number of nitrogens with one attached hydrogen (secondary N) is 1. The lowest BCUT2D eigenvalue weighted by atomic mass is 10.2. The molecule has 1 atom stereocenters. The first-order chi connectivity index (χ1) is 8.08. The molecule has 0 radical (unpaired) electrons. The molecule has 0 aliphatic rings. The highest BCUT2D eigenvalue weighted by atomic mass is 16.7. The highest BCUT2D eigenvalue weighted by Gasteiger charge is 2.18. The van der Waals surface area contributed by atoms with Crippen molar-refractivity contribution in [2.75, 3.05) is 14.2 Å². The number of amides is 1. The highest BCUT2D eigenvalue weighted by molar-refractivity contribution is 5.94. The SMILES string of the molecule is COC(OC)C(C)NC(=O)c1cccc(O)c1. The average molecular weight is 239 g/mol. The topological polar surface area (TPSA) is 67.8 Å². The number of methoxy groups -OCH3 is 2. The number of aromatic hydroxyl groups is 1. The van der Waals surface area contributed by atoms with E-state index < -0.39 is 6.29 Å². The normalized spacial score (nSPS) is 12.5. The summed E-state index contributed by atoms with van der Waals surface area (Å²) in [4.78, 5) is 11.8. The Morgan fingerprint density at radius 2 is 2.00 bits per heavy atom. The molecule has 1 aromatic rings. The van der Waals surface area contributed by atoms with Gasteiger partial charge in [0, 0.05) is 19.8 Å². The molecule has 0 fully saturated rings. The maximum absolute atomic E-state index is 11.8. The fraction of sp³-hybridized carbons (Fsp3) is 0.417. The van der Waals surface area contributed by atoms with Gasteiger partial charge in [0.15, 0.2) is 6.29 Å². The molecule has 2 N–H and O–H groups in total. The van der Waals surface area contributed by atoms with E-state index in [0.717, 1.165) is 0 Å². The Kier molecular flexibility index (Phi) is 4.93. The van der Waals surface area contributed by atoms with Crippen LogP contribution in [-0.4, -0.2) is 37.6 Å². The van der Waals surface area contributed by atoms with E-state index >= 15 is 0 Å². The molecule has 0 spiro atoms. The van der Waals surface area contributed by atoms with Gasteiger partial charge >= 0.3 is 0 Å². The summed E-state index contributed by atoms with van der Waals surface area (Å²) in [5.41, 5.74) is 0.391. The summed E-state index contributed by atoms with van der Waals surface area (Å²) in [5, 5.41) is 12.0. The van der Waals surface area contributed by atoms with Gasteiger partial charge in [-0.05, 0) is 25.1 Å². The zero-order valence-electron chi connectivity index (χ0n) is 10.1. The first-order valence-electron chi connectivity index (χ1n) is 5.24. The molecular weight excluding hydrogens is 222 g/mol. The Morgan fingerprint density at radius 1 is 1.35 bits per heavy atom. The molecule has 0 aromatic heterocycles. The number of phenolic OH excluding ortho intramolecular Hbond substituents is 1. The van der Waals surface area contributed by atoms with E-state index in [1.807, 2.05) is 0 Å². The van der Waals surface area contributed by atoms with Gasteiger partial charge in [0.2, 0.25) is 0 Å². The number of benzene rings is 1. The Bertz CT molecular complexity index is 377. The zero-order chi connectivity index (χ0) is 12.8. The minimum Gasteiger partial charge on any atom is -0.508 e. The van der Waals surface area contributed by atoms with Gasteiger partial charge < -0.3 is 19.9 Å². The van der Waals surface area contributed by atoms with Crippen LogP contribution in [-0.2, 0) is 9.47 Å². The van der Waals surface area contributed by atoms with Crippen LogP contribution in [0.1, 0.15) is 17.3 Å². The van der Waals surface area contributed by atoms with Crippen molar-refractivity contribution >= 4 is 5.91 Å². The monoisotopic (exact) mass is 239 g/mol. The van der Waals surface area contributed by atoms with E-state index in [1.165, 1.54) is 26.4 Å². The highest BCUT2D eigenvalue weighted by Crippen LogP contribution is 2.11. The minimum absolute atomic E-state index is 0.0559. The molecule has 1 aromatic carbocycles. The van der Waals surface area contributed by atoms with Crippen LogP contribution in [0.5, 0.6) is 5.75 Å². The Morgan fingerprint density at radius 3 is 2.53 bits per heavy atom. The van der Waals surface area contributed by atoms with Crippen molar-refractivity contribution < 1.29 is 19.4 Å². The Labute approximate surface area is 100 Å². The van der Waals surface area contributed by atoms with Crippen molar-refractivity contribution in [1.82, 2.24) is 5.32 Å². The molecule has 0 saturated heterocycles. The molecule has 1 unspecified atom stereocenters. The van der Waals surface area contributed by atoms with Crippen molar-refractivity contribution in [3.05, 3.63) is 29.8 Å². The molecule has 17 heavy (non-hydrogen) atoms. The first-order valence-corrected chi connectivity index (χ1v) is 5.24. The number of hydrogen-bond donors (Lipinski definition) is 2. The van der Waals surface area contributed by atoms with Crippen molar-refractivity contribution in [2.45, 2.75) is 19.3 Å². The first kappa shape index (κ1) is 13.5. The summed E-state index contributed by atoms with van der Waals surface area (Å²) < 4.78 is 10.1. The number of carbonyl (C=O) groups is 1. The molecule has 0 heterocycles. The van der Waals surface area contributed by atoms with Crippen LogP contribution in [0.25, 0.3) is 0 Å². The fourth-order valence-electron chi connectivity index (χ4n) is 1.51. The smallest absolute Gasteiger partial charge is 0.251 e. The predicted octanol–water partition coefficient (Wildman–Crippen LogP) is 1.13. The zero-order valence-corrected chi connectivity index (χ0v) is 10.1. The van der Waals surface area contributed by atoms with Crippen LogP contribution in [0.2, 0.25) is 0 Å². The van der Waals surface area contributed by atoms with Crippen LogP contribution < -0.4 is 5.32 Å². The number of phenols is 1. The predicted molar refractivity (Wildman–Crippen MR) is 62.8 cm³/mol. The minimum atomic E-state index is -0.503. The maximum Gasteiger partial charge on any atom is 0.251 e. The van der Waals surface area contributed by atoms with Crippen LogP contribution in [0.4, 0.5) is 0 Å². The number of ether oxygens (including phenoxy) is 2. The standard InChI is InChI=1S/C12H17NO4/c1-8(12(16-2)17-3)13-11(15)9-5-4-6-10(14)7-9/h4-8,12,14H,1-3H3,(H,13,15). The summed E-state index contributed by atoms with van der Waals surface area (Å²) in [6, 6.07) is 5.85. The van der Waals surface area contributed by atoms with Crippen LogP contribution in [0, 0.1) is 0 Å². The molecule has 1 rings (SSSR count). The lowest BCUT2D eigenvalue weighted by Crippen LogP contribution is -2.42. The van der Waals surface area contributed by atoms with Gasteiger partial charge in [-0.25, -0.2) is 0 Å². The van der Waals surface area contributed by atoms with Gasteiger partial charge in [-0.3, -0.25) is 4.79 Å². The average Bonchev–Trinajstić information content (AvgIpc) is 2.30. The third kappa shape index (κ3) is 3.72. The maximum atomic E-state index is 11.8. The van der Waals surface area contributed by atoms with E-state index in [4.69, 9.17) is 9.47 Å². The summed E-state index contributed by atoms with van der Waals surface area (Å²) >= 11 is 0. The second-order valence-electron chi connectivity index (χ2n) is 3.65. The van der Waals surface area contributed by atoms with Gasteiger partial charge in [0.25, 0.3) is 5.91 Å². The van der Waals surface area contributed by atoms with Crippen molar-refractivity contribution in [2.24, 2.45) is 0 Å². The Hall–Kier alpha value is -1.59. The van der Waals surface area contributed by atoms with Gasteiger partial charge in [0.05, 0.1) is 6.04 Å². The van der Waals surface area contributed by atoms with Gasteiger partial charge in [-0.1, -0.05) is 6.07 Å². The van der Waals surface area contributed by atoms with Crippen LogP contribution in [0.15, 0.2) is 24.3 Å². The molecule has 5 nitrogen and oxygen atoms in total. The van der Waals surface area contributed by atoms with E-state index in [2.05, 4.69) is 5.32 Å². The molecule has 1 amide bonds. The lowest BCUT2D eigenvalue weighted by molar-refractivity contribution is -0.117. The summed E-state index contributed by atoms with van der Waals surface area (Å²) in [7, 11) is 3.01. The van der Waals surface area contributed by atoms with E-state index in [9.17, 15) is 9.90 Å². The van der Waals surface area contributed by atoms with E-state index in [1.54, 1.807) is 19.1 Å². The van der Waals surface area contributed by atoms with Gasteiger partial charge in [0.1, 0.15) is 5.75 Å². The summed E-state index contributed by atoms with van der Waals surface area (Å²) in [6.07, 6.45) is -0.503. The quantitative estimate of drug-likeness (QED) is 0.756. The molecule has 0 aliphatic heterocycles. The largest absolute Gasteiger partial charge is 0.508 e. The number of hydrogen-bond acceptors (Lipinski definition) is 4. The van der Waals surface area contributed by atoms with Gasteiger partial charge in [-0.2, -0.15) is 0 Å². The molecular formula is C12H17NO4. The van der Waals surface area contributed by atoms with E-state index in [-0.39, 0.29) is 17.7 Å². The van der Waals surface area contributed by atoms with Gasteiger partial charge in [-0.15, -0.1) is 0 Å². The van der Waals surface area contributed by atoms with Crippen LogP contribution in [0.3, 0.4) is 0 Å². The number of rotatable bonds is 5. The second kappa shape index (κ2) is 6.22. The third-order valence-electron chi connectivity index (χ3n) is 2.34. The Balaban J connectivity index is 2.66. The van der Waals surface area contributed by atoms with Crippen molar-refractivity contribution in [1.29, 1.82) is 0 Å². The van der Waals surface area contributed by atoms with Crippen LogP contribution >= 0.6 is 0 Å². The fourth-order valence-corrected chi connectivity index (χ4v) is 1.51.